The number of hydrogen-bond acceptors (Lipinski definition) is 2. The SMILES string of the molecule is CCCCCCCCCCC(CCCCCCCCCC)CCC(O)O. The van der Waals surface area contributed by atoms with Crippen LogP contribution in [0.1, 0.15) is 142 Å². The fourth-order valence-corrected chi connectivity index (χ4v) is 3.95. The maximum atomic E-state index is 9.18. The second kappa shape index (κ2) is 21.2. The lowest BCUT2D eigenvalue weighted by molar-refractivity contribution is -0.0493. The molecule has 158 valence electrons. The molecule has 0 unspecified atom stereocenters. The smallest absolute Gasteiger partial charge is 0.151 e. The summed E-state index contributed by atoms with van der Waals surface area (Å²) >= 11 is 0. The Kier molecular flexibility index (Phi) is 21.2. The molecule has 2 nitrogen and oxygen atoms in total. The van der Waals surface area contributed by atoms with Crippen LogP contribution >= 0.6 is 0 Å². The van der Waals surface area contributed by atoms with Crippen LogP contribution in [-0.2, 0) is 0 Å². The Morgan fingerprint density at radius 3 is 1.12 bits per heavy atom. The van der Waals surface area contributed by atoms with Gasteiger partial charge in [-0.05, 0) is 18.8 Å². The highest BCUT2D eigenvalue weighted by Gasteiger charge is 2.10. The van der Waals surface area contributed by atoms with E-state index in [1.165, 1.54) is 116 Å². The van der Waals surface area contributed by atoms with Crippen LogP contribution in [0.5, 0.6) is 0 Å². The van der Waals surface area contributed by atoms with Crippen LogP contribution in [0.2, 0.25) is 0 Å². The van der Waals surface area contributed by atoms with Crippen LogP contribution in [0.25, 0.3) is 0 Å². The Morgan fingerprint density at radius 2 is 0.769 bits per heavy atom. The molecule has 0 aromatic heterocycles. The summed E-state index contributed by atoms with van der Waals surface area (Å²) in [5.41, 5.74) is 0. The number of rotatable bonds is 21. The molecule has 0 bridgehead atoms. The first-order valence-corrected chi connectivity index (χ1v) is 12.1. The lowest BCUT2D eigenvalue weighted by Crippen LogP contribution is -2.09. The molecule has 2 N–H and O–H groups in total. The molecule has 0 saturated carbocycles. The Labute approximate surface area is 165 Å². The molecule has 0 amide bonds. The fourth-order valence-electron chi connectivity index (χ4n) is 3.95. The molecule has 2 heteroatoms. The number of aliphatic hydroxyl groups excluding tert-OH is 1. The third-order valence-electron chi connectivity index (χ3n) is 5.76. The largest absolute Gasteiger partial charge is 0.368 e. The molecule has 0 aliphatic carbocycles. The van der Waals surface area contributed by atoms with Gasteiger partial charge in [0.2, 0.25) is 0 Å². The first-order valence-electron chi connectivity index (χ1n) is 12.1. The summed E-state index contributed by atoms with van der Waals surface area (Å²) in [6, 6.07) is 0. The monoisotopic (exact) mass is 370 g/mol. The van der Waals surface area contributed by atoms with Crippen LogP contribution in [-0.4, -0.2) is 16.5 Å². The Bertz CT molecular complexity index is 233. The van der Waals surface area contributed by atoms with Gasteiger partial charge in [-0.25, -0.2) is 0 Å². The standard InChI is InChI=1S/C24H50O2/c1-3-5-7-9-11-13-15-17-19-23(21-22-24(25)26)20-18-16-14-12-10-8-6-4-2/h23-26H,3-22H2,1-2H3. The summed E-state index contributed by atoms with van der Waals surface area (Å²) in [4.78, 5) is 0. The predicted octanol–water partition coefficient (Wildman–Crippen LogP) is 7.76. The van der Waals surface area contributed by atoms with Crippen molar-refractivity contribution < 1.29 is 10.2 Å². The van der Waals surface area contributed by atoms with Gasteiger partial charge in [-0.3, -0.25) is 0 Å². The Balaban J connectivity index is 3.67. The molecule has 0 heterocycles. The molecule has 0 rings (SSSR count). The average molecular weight is 371 g/mol. The number of hydrogen-bond donors (Lipinski definition) is 2. The molecule has 0 aliphatic heterocycles. The third-order valence-corrected chi connectivity index (χ3v) is 5.76. The van der Waals surface area contributed by atoms with Gasteiger partial charge in [0, 0.05) is 0 Å². The van der Waals surface area contributed by atoms with Crippen LogP contribution in [0.3, 0.4) is 0 Å². The summed E-state index contributed by atoms with van der Waals surface area (Å²) in [6.45, 7) is 4.55. The van der Waals surface area contributed by atoms with Crippen molar-refractivity contribution >= 4 is 0 Å². The molecule has 0 aromatic carbocycles. The van der Waals surface area contributed by atoms with Crippen molar-refractivity contribution in [2.45, 2.75) is 149 Å². The highest BCUT2D eigenvalue weighted by Crippen LogP contribution is 2.24. The van der Waals surface area contributed by atoms with Gasteiger partial charge in [-0.15, -0.1) is 0 Å². The van der Waals surface area contributed by atoms with E-state index in [0.717, 1.165) is 6.42 Å². The van der Waals surface area contributed by atoms with Crippen molar-refractivity contribution in [1.29, 1.82) is 0 Å². The molecule has 0 spiro atoms. The lowest BCUT2D eigenvalue weighted by atomic mass is 9.90. The minimum absolute atomic E-state index is 0.554. The minimum atomic E-state index is -1.12. The maximum absolute atomic E-state index is 9.18. The highest BCUT2D eigenvalue weighted by atomic mass is 16.5. The van der Waals surface area contributed by atoms with Gasteiger partial charge in [-0.1, -0.05) is 129 Å². The van der Waals surface area contributed by atoms with Crippen molar-refractivity contribution in [2.75, 3.05) is 0 Å². The van der Waals surface area contributed by atoms with E-state index in [9.17, 15) is 10.2 Å². The molecule has 0 saturated heterocycles. The first kappa shape index (κ1) is 25.9. The molecule has 0 radical (unpaired) electrons. The number of unbranched alkanes of at least 4 members (excludes halogenated alkanes) is 14. The molecular weight excluding hydrogens is 320 g/mol. The van der Waals surface area contributed by atoms with E-state index in [1.54, 1.807) is 0 Å². The molecule has 0 aromatic rings. The topological polar surface area (TPSA) is 40.5 Å². The van der Waals surface area contributed by atoms with Crippen LogP contribution < -0.4 is 0 Å². The van der Waals surface area contributed by atoms with E-state index in [4.69, 9.17) is 0 Å². The van der Waals surface area contributed by atoms with Gasteiger partial charge in [-0.2, -0.15) is 0 Å². The van der Waals surface area contributed by atoms with Gasteiger partial charge in [0.1, 0.15) is 0 Å². The summed E-state index contributed by atoms with van der Waals surface area (Å²) in [5, 5.41) is 18.4. The van der Waals surface area contributed by atoms with Crippen LogP contribution in [0.15, 0.2) is 0 Å². The first-order chi connectivity index (χ1) is 12.7. The van der Waals surface area contributed by atoms with Gasteiger partial charge in [0.25, 0.3) is 0 Å². The summed E-state index contributed by atoms with van der Waals surface area (Å²) in [7, 11) is 0. The zero-order chi connectivity index (χ0) is 19.3. The summed E-state index contributed by atoms with van der Waals surface area (Å²) in [5.74, 6) is 0.706. The van der Waals surface area contributed by atoms with Crippen molar-refractivity contribution in [1.82, 2.24) is 0 Å². The van der Waals surface area contributed by atoms with Crippen LogP contribution in [0.4, 0.5) is 0 Å². The van der Waals surface area contributed by atoms with E-state index >= 15 is 0 Å². The Morgan fingerprint density at radius 1 is 0.423 bits per heavy atom. The number of aliphatic hydroxyl groups is 2. The zero-order valence-electron chi connectivity index (χ0n) is 18.2. The van der Waals surface area contributed by atoms with E-state index in [-0.39, 0.29) is 0 Å². The molecule has 0 fully saturated rings. The van der Waals surface area contributed by atoms with E-state index in [2.05, 4.69) is 13.8 Å². The van der Waals surface area contributed by atoms with Crippen molar-refractivity contribution in [3.05, 3.63) is 0 Å². The van der Waals surface area contributed by atoms with Crippen molar-refractivity contribution in [3.63, 3.8) is 0 Å². The maximum Gasteiger partial charge on any atom is 0.151 e. The molecule has 0 atom stereocenters. The fraction of sp³-hybridized carbons (Fsp3) is 1.00. The Hall–Kier alpha value is -0.0800. The van der Waals surface area contributed by atoms with Crippen molar-refractivity contribution in [3.8, 4) is 0 Å². The van der Waals surface area contributed by atoms with Crippen LogP contribution in [0, 0.1) is 5.92 Å². The predicted molar refractivity (Wildman–Crippen MR) is 115 cm³/mol. The average Bonchev–Trinajstić information content (AvgIpc) is 2.63. The summed E-state index contributed by atoms with van der Waals surface area (Å²) in [6.07, 6.45) is 25.1. The van der Waals surface area contributed by atoms with Gasteiger partial charge >= 0.3 is 0 Å². The minimum Gasteiger partial charge on any atom is -0.368 e. The van der Waals surface area contributed by atoms with Gasteiger partial charge in [0.05, 0.1) is 0 Å². The molecular formula is C24H50O2. The van der Waals surface area contributed by atoms with E-state index in [1.807, 2.05) is 0 Å². The van der Waals surface area contributed by atoms with Crippen molar-refractivity contribution in [2.24, 2.45) is 5.92 Å². The van der Waals surface area contributed by atoms with E-state index in [0.29, 0.717) is 12.3 Å². The third kappa shape index (κ3) is 20.2. The second-order valence-electron chi connectivity index (χ2n) is 8.45. The molecule has 0 aliphatic rings. The van der Waals surface area contributed by atoms with E-state index < -0.39 is 6.29 Å². The normalized spacial score (nSPS) is 11.8. The van der Waals surface area contributed by atoms with Gasteiger partial charge in [0.15, 0.2) is 6.29 Å². The molecule has 26 heavy (non-hydrogen) atoms. The summed E-state index contributed by atoms with van der Waals surface area (Å²) < 4.78 is 0. The highest BCUT2D eigenvalue weighted by molar-refractivity contribution is 4.62. The second-order valence-corrected chi connectivity index (χ2v) is 8.45. The van der Waals surface area contributed by atoms with Gasteiger partial charge < -0.3 is 10.2 Å². The lowest BCUT2D eigenvalue weighted by Gasteiger charge is -2.17. The zero-order valence-corrected chi connectivity index (χ0v) is 18.2. The quantitative estimate of drug-likeness (QED) is 0.160.